The molecule has 25 heavy (non-hydrogen) atoms. The standard InChI is InChI=1S/C19H28N2O4/c1-12(13-8-9-16-17(10-13)24-11-23-16)20-14-6-5-7-15(14)21-18(22)25-19(2,3)4/h8-10,12,14-15,20H,5-7,11H2,1-4H3,(H,21,22). The molecule has 0 saturated heterocycles. The molecule has 3 atom stereocenters. The first kappa shape index (κ1) is 17.9. The molecule has 1 saturated carbocycles. The zero-order chi connectivity index (χ0) is 18.0. The average molecular weight is 348 g/mol. The number of amides is 1. The highest BCUT2D eigenvalue weighted by molar-refractivity contribution is 5.68. The minimum atomic E-state index is -0.481. The van der Waals surface area contributed by atoms with E-state index in [9.17, 15) is 4.79 Å². The Bertz CT molecular complexity index is 626. The van der Waals surface area contributed by atoms with E-state index >= 15 is 0 Å². The Morgan fingerprint density at radius 2 is 1.92 bits per heavy atom. The van der Waals surface area contributed by atoms with Crippen molar-refractivity contribution in [1.82, 2.24) is 10.6 Å². The number of ether oxygens (including phenoxy) is 3. The van der Waals surface area contributed by atoms with Crippen LogP contribution in [0.15, 0.2) is 18.2 Å². The summed E-state index contributed by atoms with van der Waals surface area (Å²) < 4.78 is 16.2. The summed E-state index contributed by atoms with van der Waals surface area (Å²) in [7, 11) is 0. The molecular weight excluding hydrogens is 320 g/mol. The molecule has 2 N–H and O–H groups in total. The molecule has 1 amide bonds. The van der Waals surface area contributed by atoms with Gasteiger partial charge in [-0.05, 0) is 64.7 Å². The topological polar surface area (TPSA) is 68.8 Å². The summed E-state index contributed by atoms with van der Waals surface area (Å²) in [5, 5.41) is 6.65. The van der Waals surface area contributed by atoms with Gasteiger partial charge in [-0.15, -0.1) is 0 Å². The summed E-state index contributed by atoms with van der Waals surface area (Å²) in [6, 6.07) is 6.49. The second-order valence-electron chi connectivity index (χ2n) is 7.79. The van der Waals surface area contributed by atoms with E-state index in [0.29, 0.717) is 0 Å². The second-order valence-corrected chi connectivity index (χ2v) is 7.79. The molecule has 3 unspecified atom stereocenters. The van der Waals surface area contributed by atoms with Crippen LogP contribution >= 0.6 is 0 Å². The van der Waals surface area contributed by atoms with Crippen molar-refractivity contribution in [3.05, 3.63) is 23.8 Å². The largest absolute Gasteiger partial charge is 0.454 e. The van der Waals surface area contributed by atoms with Crippen molar-refractivity contribution in [2.45, 2.75) is 70.7 Å². The molecule has 0 radical (unpaired) electrons. The first-order valence-corrected chi connectivity index (χ1v) is 8.97. The molecule has 3 rings (SSSR count). The molecule has 1 aromatic rings. The van der Waals surface area contributed by atoms with Gasteiger partial charge >= 0.3 is 6.09 Å². The molecule has 138 valence electrons. The van der Waals surface area contributed by atoms with Crippen LogP contribution in [0.2, 0.25) is 0 Å². The zero-order valence-electron chi connectivity index (χ0n) is 15.4. The molecular formula is C19H28N2O4. The molecule has 1 heterocycles. The van der Waals surface area contributed by atoms with Crippen molar-refractivity contribution in [3.8, 4) is 11.5 Å². The Kier molecular flexibility index (Phi) is 5.08. The molecule has 0 spiro atoms. The van der Waals surface area contributed by atoms with Gasteiger partial charge < -0.3 is 24.8 Å². The fourth-order valence-electron chi connectivity index (χ4n) is 3.39. The van der Waals surface area contributed by atoms with Crippen molar-refractivity contribution < 1.29 is 19.0 Å². The van der Waals surface area contributed by atoms with Crippen molar-refractivity contribution >= 4 is 6.09 Å². The van der Waals surface area contributed by atoms with Crippen LogP contribution in [0.5, 0.6) is 11.5 Å². The summed E-state index contributed by atoms with van der Waals surface area (Å²) in [6.07, 6.45) is 2.74. The van der Waals surface area contributed by atoms with Gasteiger partial charge in [0.25, 0.3) is 0 Å². The van der Waals surface area contributed by atoms with Gasteiger partial charge in [0.2, 0.25) is 6.79 Å². The number of hydrogen-bond acceptors (Lipinski definition) is 5. The molecule has 2 aliphatic rings. The van der Waals surface area contributed by atoms with Crippen LogP contribution in [0.3, 0.4) is 0 Å². The van der Waals surface area contributed by atoms with Gasteiger partial charge in [-0.1, -0.05) is 6.07 Å². The van der Waals surface area contributed by atoms with E-state index in [1.54, 1.807) is 0 Å². The molecule has 6 heteroatoms. The Balaban J connectivity index is 1.58. The number of nitrogens with one attached hydrogen (secondary N) is 2. The van der Waals surface area contributed by atoms with Crippen molar-refractivity contribution in [3.63, 3.8) is 0 Å². The molecule has 1 aliphatic heterocycles. The van der Waals surface area contributed by atoms with Gasteiger partial charge in [0.1, 0.15) is 5.60 Å². The maximum absolute atomic E-state index is 12.1. The monoisotopic (exact) mass is 348 g/mol. The van der Waals surface area contributed by atoms with Gasteiger partial charge in [0, 0.05) is 18.1 Å². The third kappa shape index (κ3) is 4.57. The SMILES string of the molecule is CC(NC1CCCC1NC(=O)OC(C)(C)C)c1ccc2c(c1)OCO2. The second kappa shape index (κ2) is 7.12. The van der Waals surface area contributed by atoms with E-state index in [-0.39, 0.29) is 31.0 Å². The van der Waals surface area contributed by atoms with Gasteiger partial charge in [0.05, 0.1) is 0 Å². The number of carbonyl (C=O) groups excluding carboxylic acids is 1. The van der Waals surface area contributed by atoms with Gasteiger partial charge in [-0.3, -0.25) is 0 Å². The van der Waals surface area contributed by atoms with E-state index < -0.39 is 5.60 Å². The maximum Gasteiger partial charge on any atom is 0.407 e. The fraction of sp³-hybridized carbons (Fsp3) is 0.632. The third-order valence-electron chi connectivity index (χ3n) is 4.58. The quantitative estimate of drug-likeness (QED) is 0.871. The molecule has 0 aromatic heterocycles. The van der Waals surface area contributed by atoms with Crippen LogP contribution in [-0.2, 0) is 4.74 Å². The number of rotatable bonds is 4. The summed E-state index contributed by atoms with van der Waals surface area (Å²) in [5.74, 6) is 1.59. The normalized spacial score (nSPS) is 23.4. The third-order valence-corrected chi connectivity index (χ3v) is 4.58. The Hall–Kier alpha value is -1.95. The predicted octanol–water partition coefficient (Wildman–Crippen LogP) is 3.51. The number of alkyl carbamates (subject to hydrolysis) is 1. The van der Waals surface area contributed by atoms with Crippen molar-refractivity contribution in [1.29, 1.82) is 0 Å². The highest BCUT2D eigenvalue weighted by Gasteiger charge is 2.31. The van der Waals surface area contributed by atoms with E-state index in [1.807, 2.05) is 32.9 Å². The Labute approximate surface area is 149 Å². The highest BCUT2D eigenvalue weighted by atomic mass is 16.7. The van der Waals surface area contributed by atoms with Gasteiger partial charge in [0.15, 0.2) is 11.5 Å². The first-order valence-electron chi connectivity index (χ1n) is 8.97. The lowest BCUT2D eigenvalue weighted by Crippen LogP contribution is -2.48. The summed E-state index contributed by atoms with van der Waals surface area (Å²) in [5.41, 5.74) is 0.665. The highest BCUT2D eigenvalue weighted by Crippen LogP contribution is 2.34. The summed E-state index contributed by atoms with van der Waals surface area (Å²) >= 11 is 0. The van der Waals surface area contributed by atoms with Crippen molar-refractivity contribution in [2.75, 3.05) is 6.79 Å². The lowest BCUT2D eigenvalue weighted by molar-refractivity contribution is 0.0497. The van der Waals surface area contributed by atoms with Crippen LogP contribution in [0, 0.1) is 0 Å². The van der Waals surface area contributed by atoms with Gasteiger partial charge in [-0.25, -0.2) is 4.79 Å². The van der Waals surface area contributed by atoms with E-state index in [0.717, 1.165) is 36.3 Å². The van der Waals surface area contributed by atoms with E-state index in [2.05, 4.69) is 23.6 Å². The summed E-state index contributed by atoms with van der Waals surface area (Å²) in [6.45, 7) is 8.03. The predicted molar refractivity (Wildman–Crippen MR) is 94.9 cm³/mol. The molecule has 1 fully saturated rings. The fourth-order valence-corrected chi connectivity index (χ4v) is 3.39. The van der Waals surface area contributed by atoms with Crippen molar-refractivity contribution in [2.24, 2.45) is 0 Å². The maximum atomic E-state index is 12.1. The average Bonchev–Trinajstić information content (AvgIpc) is 3.14. The number of hydrogen-bond donors (Lipinski definition) is 2. The Morgan fingerprint density at radius 1 is 1.20 bits per heavy atom. The van der Waals surface area contributed by atoms with E-state index in [4.69, 9.17) is 14.2 Å². The van der Waals surface area contributed by atoms with Crippen LogP contribution in [-0.4, -0.2) is 30.6 Å². The smallest absolute Gasteiger partial charge is 0.407 e. The molecule has 1 aliphatic carbocycles. The van der Waals surface area contributed by atoms with Crippen LogP contribution in [0.25, 0.3) is 0 Å². The summed E-state index contributed by atoms with van der Waals surface area (Å²) in [4.78, 5) is 12.1. The lowest BCUT2D eigenvalue weighted by atomic mass is 10.0. The number of carbonyl (C=O) groups is 1. The van der Waals surface area contributed by atoms with Crippen LogP contribution < -0.4 is 20.1 Å². The van der Waals surface area contributed by atoms with Gasteiger partial charge in [-0.2, -0.15) is 0 Å². The number of fused-ring (bicyclic) bond motifs is 1. The number of benzene rings is 1. The first-order chi connectivity index (χ1) is 11.8. The zero-order valence-corrected chi connectivity index (χ0v) is 15.4. The molecule has 1 aromatic carbocycles. The minimum absolute atomic E-state index is 0.0892. The lowest BCUT2D eigenvalue weighted by Gasteiger charge is -2.27. The minimum Gasteiger partial charge on any atom is -0.454 e. The van der Waals surface area contributed by atoms with Crippen LogP contribution in [0.4, 0.5) is 4.79 Å². The van der Waals surface area contributed by atoms with Crippen LogP contribution in [0.1, 0.15) is 58.6 Å². The molecule has 0 bridgehead atoms. The van der Waals surface area contributed by atoms with E-state index in [1.165, 1.54) is 0 Å². The molecule has 6 nitrogen and oxygen atoms in total. The Morgan fingerprint density at radius 3 is 2.68 bits per heavy atom.